The van der Waals surface area contributed by atoms with E-state index in [2.05, 4.69) is 39.9 Å². The van der Waals surface area contributed by atoms with Crippen molar-refractivity contribution < 1.29 is 4.79 Å². The largest absolute Gasteiger partial charge is 0.366 e. The summed E-state index contributed by atoms with van der Waals surface area (Å²) >= 11 is 0. The molecule has 1 fully saturated rings. The van der Waals surface area contributed by atoms with E-state index in [4.69, 9.17) is 10.1 Å². The number of allylic oxidation sites excluding steroid dienone is 1. The van der Waals surface area contributed by atoms with Crippen LogP contribution in [0.1, 0.15) is 48.3 Å². The molecule has 2 bridgehead atoms. The third-order valence-corrected chi connectivity index (χ3v) is 8.45. The van der Waals surface area contributed by atoms with Crippen LogP contribution >= 0.6 is 0 Å². The molecule has 3 aliphatic carbocycles. The van der Waals surface area contributed by atoms with Crippen molar-refractivity contribution >= 4 is 22.6 Å². The van der Waals surface area contributed by atoms with E-state index in [9.17, 15) is 4.79 Å². The van der Waals surface area contributed by atoms with Crippen LogP contribution in [0.5, 0.6) is 0 Å². The lowest BCUT2D eigenvalue weighted by molar-refractivity contribution is -0.128. The highest BCUT2D eigenvalue weighted by Gasteiger charge is 2.45. The van der Waals surface area contributed by atoms with Crippen molar-refractivity contribution in [1.29, 1.82) is 0 Å². The van der Waals surface area contributed by atoms with Crippen molar-refractivity contribution in [3.8, 4) is 0 Å². The number of anilines is 1. The molecule has 0 atom stereocenters. The molecule has 3 aromatic rings. The molecule has 4 heterocycles. The number of aromatic nitrogens is 5. The monoisotopic (exact) mass is 488 g/mol. The Morgan fingerprint density at radius 2 is 2.03 bits per heavy atom. The van der Waals surface area contributed by atoms with Crippen molar-refractivity contribution in [3.05, 3.63) is 46.1 Å². The van der Waals surface area contributed by atoms with Crippen LogP contribution in [-0.2, 0) is 31.4 Å². The number of amides is 1. The number of nitrogens with one attached hydrogen (secondary N) is 1. The molecular weight excluding hydrogens is 452 g/mol. The molecule has 9 heteroatoms. The fraction of sp³-hybridized carbons (Fsp3) is 0.556. The Kier molecular flexibility index (Phi) is 5.44. The SMILES string of the molecule is Cc1cc(N2CCc3c(c(C)nn3CC3=C4CC(NCC(=O)N(C)C)(CC3)C4)C2)c2cnn(C)c2n1. The molecule has 1 saturated carbocycles. The summed E-state index contributed by atoms with van der Waals surface area (Å²) in [5.41, 5.74) is 10.3. The smallest absolute Gasteiger partial charge is 0.236 e. The van der Waals surface area contributed by atoms with Gasteiger partial charge in [-0.3, -0.25) is 14.2 Å². The zero-order valence-electron chi connectivity index (χ0n) is 22.1. The predicted molar refractivity (Wildman–Crippen MR) is 140 cm³/mol. The fourth-order valence-corrected chi connectivity index (χ4v) is 6.25. The second-order valence-electron chi connectivity index (χ2n) is 11.1. The fourth-order valence-electron chi connectivity index (χ4n) is 6.25. The van der Waals surface area contributed by atoms with Gasteiger partial charge < -0.3 is 15.1 Å². The second-order valence-corrected chi connectivity index (χ2v) is 11.1. The van der Waals surface area contributed by atoms with Gasteiger partial charge in [0.2, 0.25) is 5.91 Å². The minimum Gasteiger partial charge on any atom is -0.366 e. The number of fused-ring (bicyclic) bond motifs is 4. The number of carbonyl (C=O) groups excluding carboxylic acids is 1. The summed E-state index contributed by atoms with van der Waals surface area (Å²) in [7, 11) is 5.58. The van der Waals surface area contributed by atoms with E-state index in [1.165, 1.54) is 16.9 Å². The topological polar surface area (TPSA) is 84.1 Å². The van der Waals surface area contributed by atoms with Crippen molar-refractivity contribution in [1.82, 2.24) is 34.8 Å². The number of nitrogens with zero attached hydrogens (tertiary/aromatic N) is 7. The van der Waals surface area contributed by atoms with Gasteiger partial charge in [0.15, 0.2) is 5.65 Å². The van der Waals surface area contributed by atoms with Crippen molar-refractivity contribution in [2.45, 2.75) is 64.6 Å². The zero-order valence-corrected chi connectivity index (χ0v) is 22.1. The van der Waals surface area contributed by atoms with Gasteiger partial charge in [-0.2, -0.15) is 10.2 Å². The number of hydrogen-bond donors (Lipinski definition) is 1. The minimum atomic E-state index is 0.130. The first-order valence-electron chi connectivity index (χ1n) is 13.0. The van der Waals surface area contributed by atoms with Crippen molar-refractivity contribution in [2.24, 2.45) is 7.05 Å². The van der Waals surface area contributed by atoms with Gasteiger partial charge in [0.1, 0.15) is 0 Å². The van der Waals surface area contributed by atoms with Crippen LogP contribution in [0, 0.1) is 13.8 Å². The Bertz CT molecular complexity index is 1390. The third-order valence-electron chi connectivity index (χ3n) is 8.45. The quantitative estimate of drug-likeness (QED) is 0.537. The normalized spacial score (nSPS) is 18.4. The maximum atomic E-state index is 12.0. The van der Waals surface area contributed by atoms with Gasteiger partial charge in [0.05, 0.1) is 36.1 Å². The van der Waals surface area contributed by atoms with Crippen LogP contribution in [-0.4, -0.2) is 68.1 Å². The number of likely N-dealkylation sites (N-methyl/N-ethyl adjacent to an activating group) is 1. The van der Waals surface area contributed by atoms with Gasteiger partial charge in [0, 0.05) is 63.1 Å². The summed E-state index contributed by atoms with van der Waals surface area (Å²) in [5.74, 6) is 0.145. The van der Waals surface area contributed by atoms with Gasteiger partial charge in [-0.05, 0) is 51.2 Å². The van der Waals surface area contributed by atoms with Gasteiger partial charge in [0.25, 0.3) is 0 Å². The number of rotatable bonds is 6. The molecule has 7 rings (SSSR count). The van der Waals surface area contributed by atoms with Crippen LogP contribution < -0.4 is 10.2 Å². The van der Waals surface area contributed by atoms with E-state index in [1.54, 1.807) is 16.0 Å². The molecule has 0 aromatic carbocycles. The lowest BCUT2D eigenvalue weighted by Crippen LogP contribution is -2.56. The lowest BCUT2D eigenvalue weighted by atomic mass is 9.63. The van der Waals surface area contributed by atoms with Crippen molar-refractivity contribution in [2.75, 3.05) is 32.1 Å². The summed E-state index contributed by atoms with van der Waals surface area (Å²) in [6.45, 7) is 7.37. The second kappa shape index (κ2) is 8.44. The highest BCUT2D eigenvalue weighted by atomic mass is 16.2. The highest BCUT2D eigenvalue weighted by molar-refractivity contribution is 5.89. The zero-order chi connectivity index (χ0) is 25.2. The van der Waals surface area contributed by atoms with E-state index in [-0.39, 0.29) is 11.4 Å². The van der Waals surface area contributed by atoms with Gasteiger partial charge in [-0.15, -0.1) is 0 Å². The lowest BCUT2D eigenvalue weighted by Gasteiger charge is -2.50. The van der Waals surface area contributed by atoms with Gasteiger partial charge >= 0.3 is 0 Å². The molecule has 0 spiro atoms. The molecule has 3 aromatic heterocycles. The van der Waals surface area contributed by atoms with E-state index < -0.39 is 0 Å². The van der Waals surface area contributed by atoms with Gasteiger partial charge in [-0.25, -0.2) is 4.98 Å². The molecule has 1 aliphatic heterocycles. The van der Waals surface area contributed by atoms with Gasteiger partial charge in [-0.1, -0.05) is 5.57 Å². The third kappa shape index (κ3) is 3.80. The van der Waals surface area contributed by atoms with Crippen molar-refractivity contribution in [3.63, 3.8) is 0 Å². The molecule has 9 nitrogen and oxygen atoms in total. The molecule has 0 radical (unpaired) electrons. The molecule has 0 saturated heterocycles. The Morgan fingerprint density at radius 3 is 2.75 bits per heavy atom. The molecule has 190 valence electrons. The first-order chi connectivity index (χ1) is 17.2. The van der Waals surface area contributed by atoms with Crippen LogP contribution in [0.25, 0.3) is 11.0 Å². The molecule has 36 heavy (non-hydrogen) atoms. The molecule has 4 aliphatic rings. The summed E-state index contributed by atoms with van der Waals surface area (Å²) < 4.78 is 4.13. The first-order valence-corrected chi connectivity index (χ1v) is 13.0. The predicted octanol–water partition coefficient (Wildman–Crippen LogP) is 2.65. The van der Waals surface area contributed by atoms with E-state index >= 15 is 0 Å². The number of hydrogen-bond acceptors (Lipinski definition) is 6. The molecule has 0 unspecified atom stereocenters. The first kappa shape index (κ1) is 23.2. The Labute approximate surface area is 212 Å². The summed E-state index contributed by atoms with van der Waals surface area (Å²) in [6.07, 6.45) is 7.26. The minimum absolute atomic E-state index is 0.130. The maximum Gasteiger partial charge on any atom is 0.236 e. The molecular formula is C27H36N8O. The highest BCUT2D eigenvalue weighted by Crippen LogP contribution is 2.48. The standard InChI is InChI=1S/C27H36N8O/c1-17-10-24(21-13-29-33(5)26(21)30-17)34-9-7-23-22(16-34)18(2)31-35(23)15-19-6-8-27(11-20(19)12-27)28-14-25(36)32(3)4/h10,13,28H,6-9,11-12,14-16H2,1-5H3. The number of pyridine rings is 1. The van der Waals surface area contributed by atoms with Crippen LogP contribution in [0.4, 0.5) is 5.69 Å². The van der Waals surface area contributed by atoms with Crippen LogP contribution in [0.3, 0.4) is 0 Å². The summed E-state index contributed by atoms with van der Waals surface area (Å²) in [4.78, 5) is 20.8. The Balaban J connectivity index is 1.18. The summed E-state index contributed by atoms with van der Waals surface area (Å²) in [5, 5.41) is 14.1. The van der Waals surface area contributed by atoms with E-state index in [0.29, 0.717) is 6.54 Å². The van der Waals surface area contributed by atoms with E-state index in [0.717, 1.165) is 74.2 Å². The van der Waals surface area contributed by atoms with Crippen LogP contribution in [0.15, 0.2) is 23.4 Å². The van der Waals surface area contributed by atoms with Crippen LogP contribution in [0.2, 0.25) is 0 Å². The maximum absolute atomic E-state index is 12.0. The molecule has 1 amide bonds. The molecule has 1 N–H and O–H groups in total. The average molecular weight is 489 g/mol. The Morgan fingerprint density at radius 1 is 1.22 bits per heavy atom. The summed E-state index contributed by atoms with van der Waals surface area (Å²) in [6, 6.07) is 2.19. The Hall–Kier alpha value is -3.20. The average Bonchev–Trinajstić information content (AvgIpc) is 3.36. The number of carbonyl (C=O) groups is 1. The number of aryl methyl sites for hydroxylation is 3. The van der Waals surface area contributed by atoms with E-state index in [1.807, 2.05) is 32.0 Å².